The second-order valence-electron chi connectivity index (χ2n) is 5.13. The summed E-state index contributed by atoms with van der Waals surface area (Å²) in [6.07, 6.45) is 1.29. The fraction of sp³-hybridized carbons (Fsp3) is 0.538. The van der Waals surface area contributed by atoms with Crippen LogP contribution in [0.2, 0.25) is 0 Å². The molecule has 0 radical (unpaired) electrons. The normalized spacial score (nSPS) is 11.4. The van der Waals surface area contributed by atoms with Crippen molar-refractivity contribution in [2.24, 2.45) is 0 Å². The summed E-state index contributed by atoms with van der Waals surface area (Å²) in [5, 5.41) is 0. The Morgan fingerprint density at radius 2 is 2.00 bits per heavy atom. The minimum atomic E-state index is -0.501. The molecule has 4 nitrogen and oxygen atoms in total. The molecular formula is C13H20N2O2. The Hall–Kier alpha value is -1.58. The number of hydrogen-bond acceptors (Lipinski definition) is 3. The van der Waals surface area contributed by atoms with Crippen LogP contribution in [0.15, 0.2) is 24.4 Å². The zero-order chi connectivity index (χ0) is 13.1. The Morgan fingerprint density at radius 1 is 1.35 bits per heavy atom. The number of carbonyl (C=O) groups is 1. The third kappa shape index (κ3) is 4.06. The van der Waals surface area contributed by atoms with Gasteiger partial charge in [0.05, 0.1) is 0 Å². The molecule has 0 unspecified atom stereocenters. The van der Waals surface area contributed by atoms with Crippen molar-refractivity contribution >= 4 is 11.9 Å². The van der Waals surface area contributed by atoms with Crippen LogP contribution in [0.3, 0.4) is 0 Å². The first-order chi connectivity index (χ1) is 7.81. The van der Waals surface area contributed by atoms with Gasteiger partial charge in [-0.3, -0.25) is 4.90 Å². The molecular weight excluding hydrogens is 216 g/mol. The summed E-state index contributed by atoms with van der Waals surface area (Å²) < 4.78 is 5.36. The van der Waals surface area contributed by atoms with Crippen molar-refractivity contribution in [1.29, 1.82) is 0 Å². The Labute approximate surface area is 103 Å². The number of amides is 1. The SMILES string of the molecule is CC(C)N(C(=O)OC(C)(C)C)c1ccccn1. The van der Waals surface area contributed by atoms with Crippen LogP contribution < -0.4 is 4.90 Å². The number of nitrogens with zero attached hydrogens (tertiary/aromatic N) is 2. The zero-order valence-corrected chi connectivity index (χ0v) is 11.1. The Balaban J connectivity index is 2.92. The quantitative estimate of drug-likeness (QED) is 0.791. The fourth-order valence-corrected chi connectivity index (χ4v) is 1.38. The van der Waals surface area contributed by atoms with Gasteiger partial charge >= 0.3 is 6.09 Å². The maximum Gasteiger partial charge on any atom is 0.416 e. The molecule has 0 fully saturated rings. The standard InChI is InChI=1S/C13H20N2O2/c1-10(2)15(11-8-6-7-9-14-11)12(16)17-13(3,4)5/h6-10H,1-5H3. The van der Waals surface area contributed by atoms with E-state index in [2.05, 4.69) is 4.98 Å². The summed E-state index contributed by atoms with van der Waals surface area (Å²) in [7, 11) is 0. The van der Waals surface area contributed by atoms with Crippen LogP contribution in [0, 0.1) is 0 Å². The molecule has 1 aromatic rings. The minimum Gasteiger partial charge on any atom is -0.443 e. The van der Waals surface area contributed by atoms with Crippen LogP contribution in [-0.4, -0.2) is 22.7 Å². The van der Waals surface area contributed by atoms with Gasteiger partial charge in [0.1, 0.15) is 11.4 Å². The average molecular weight is 236 g/mol. The lowest BCUT2D eigenvalue weighted by Gasteiger charge is -2.29. The smallest absolute Gasteiger partial charge is 0.416 e. The van der Waals surface area contributed by atoms with E-state index in [1.807, 2.05) is 46.8 Å². The van der Waals surface area contributed by atoms with Crippen molar-refractivity contribution in [3.05, 3.63) is 24.4 Å². The molecule has 0 aliphatic carbocycles. The van der Waals surface area contributed by atoms with Gasteiger partial charge in [-0.25, -0.2) is 9.78 Å². The van der Waals surface area contributed by atoms with Crippen LogP contribution in [-0.2, 0) is 4.74 Å². The van der Waals surface area contributed by atoms with E-state index in [0.717, 1.165) is 0 Å². The number of anilines is 1. The third-order valence-corrected chi connectivity index (χ3v) is 2.00. The zero-order valence-electron chi connectivity index (χ0n) is 11.1. The molecule has 1 rings (SSSR count). The van der Waals surface area contributed by atoms with Gasteiger partial charge in [-0.2, -0.15) is 0 Å². The summed E-state index contributed by atoms with van der Waals surface area (Å²) in [4.78, 5) is 17.8. The van der Waals surface area contributed by atoms with Gasteiger partial charge in [-0.05, 0) is 46.8 Å². The van der Waals surface area contributed by atoms with Crippen LogP contribution in [0.1, 0.15) is 34.6 Å². The van der Waals surface area contributed by atoms with Crippen LogP contribution >= 0.6 is 0 Å². The molecule has 0 aliphatic heterocycles. The van der Waals surface area contributed by atoms with E-state index in [1.165, 1.54) is 0 Å². The van der Waals surface area contributed by atoms with E-state index in [9.17, 15) is 4.79 Å². The highest BCUT2D eigenvalue weighted by Gasteiger charge is 2.25. The lowest BCUT2D eigenvalue weighted by molar-refractivity contribution is 0.0569. The summed E-state index contributed by atoms with van der Waals surface area (Å²) in [6.45, 7) is 9.41. The van der Waals surface area contributed by atoms with E-state index in [4.69, 9.17) is 4.74 Å². The van der Waals surface area contributed by atoms with E-state index in [1.54, 1.807) is 17.2 Å². The fourth-order valence-electron chi connectivity index (χ4n) is 1.38. The number of hydrogen-bond donors (Lipinski definition) is 0. The maximum atomic E-state index is 12.1. The maximum absolute atomic E-state index is 12.1. The monoisotopic (exact) mass is 236 g/mol. The number of carbonyl (C=O) groups excluding carboxylic acids is 1. The third-order valence-electron chi connectivity index (χ3n) is 2.00. The summed E-state index contributed by atoms with van der Waals surface area (Å²) in [5.74, 6) is 0.608. The molecule has 4 heteroatoms. The highest BCUT2D eigenvalue weighted by atomic mass is 16.6. The molecule has 94 valence electrons. The van der Waals surface area contributed by atoms with E-state index in [-0.39, 0.29) is 12.1 Å². The number of aromatic nitrogens is 1. The van der Waals surface area contributed by atoms with Crippen molar-refractivity contribution in [2.75, 3.05) is 4.90 Å². The topological polar surface area (TPSA) is 42.4 Å². The first-order valence-electron chi connectivity index (χ1n) is 5.74. The molecule has 0 aliphatic rings. The molecule has 0 spiro atoms. The molecule has 17 heavy (non-hydrogen) atoms. The molecule has 0 saturated carbocycles. The van der Waals surface area contributed by atoms with Crippen LogP contribution in [0.25, 0.3) is 0 Å². The predicted octanol–water partition coefficient (Wildman–Crippen LogP) is 3.23. The molecule has 1 amide bonds. The summed E-state index contributed by atoms with van der Waals surface area (Å²) >= 11 is 0. The van der Waals surface area contributed by atoms with Crippen LogP contribution in [0.5, 0.6) is 0 Å². The van der Waals surface area contributed by atoms with Gasteiger partial charge in [0.25, 0.3) is 0 Å². The number of rotatable bonds is 2. The Morgan fingerprint density at radius 3 is 2.41 bits per heavy atom. The van der Waals surface area contributed by atoms with Crippen LogP contribution in [0.4, 0.5) is 10.6 Å². The number of ether oxygens (including phenoxy) is 1. The van der Waals surface area contributed by atoms with Gasteiger partial charge < -0.3 is 4.74 Å². The van der Waals surface area contributed by atoms with Crippen molar-refractivity contribution < 1.29 is 9.53 Å². The average Bonchev–Trinajstić information content (AvgIpc) is 2.15. The Kier molecular flexibility index (Phi) is 4.10. The largest absolute Gasteiger partial charge is 0.443 e. The van der Waals surface area contributed by atoms with Gasteiger partial charge in [-0.1, -0.05) is 6.07 Å². The second-order valence-corrected chi connectivity index (χ2v) is 5.13. The predicted molar refractivity (Wildman–Crippen MR) is 68.1 cm³/mol. The molecule has 0 saturated heterocycles. The van der Waals surface area contributed by atoms with Crippen molar-refractivity contribution in [3.8, 4) is 0 Å². The van der Waals surface area contributed by atoms with E-state index < -0.39 is 5.60 Å². The molecule has 0 bridgehead atoms. The second kappa shape index (κ2) is 5.17. The molecule has 0 N–H and O–H groups in total. The van der Waals surface area contributed by atoms with Gasteiger partial charge in [0.15, 0.2) is 0 Å². The van der Waals surface area contributed by atoms with E-state index >= 15 is 0 Å². The minimum absolute atomic E-state index is 0.000231. The first kappa shape index (κ1) is 13.5. The lowest BCUT2D eigenvalue weighted by atomic mass is 10.2. The highest BCUT2D eigenvalue weighted by molar-refractivity contribution is 5.87. The van der Waals surface area contributed by atoms with Gasteiger partial charge in [0.2, 0.25) is 0 Å². The van der Waals surface area contributed by atoms with Crippen molar-refractivity contribution in [1.82, 2.24) is 4.98 Å². The Bertz CT molecular complexity index is 369. The summed E-state index contributed by atoms with van der Waals surface area (Å²) in [5.41, 5.74) is -0.501. The molecule has 0 aromatic carbocycles. The summed E-state index contributed by atoms with van der Waals surface area (Å²) in [6, 6.07) is 5.46. The van der Waals surface area contributed by atoms with E-state index in [0.29, 0.717) is 5.82 Å². The van der Waals surface area contributed by atoms with Gasteiger partial charge in [-0.15, -0.1) is 0 Å². The number of pyridine rings is 1. The van der Waals surface area contributed by atoms with Crippen molar-refractivity contribution in [3.63, 3.8) is 0 Å². The lowest BCUT2D eigenvalue weighted by Crippen LogP contribution is -2.41. The molecule has 1 aromatic heterocycles. The molecule has 0 atom stereocenters. The first-order valence-corrected chi connectivity index (χ1v) is 5.74. The van der Waals surface area contributed by atoms with Gasteiger partial charge in [0, 0.05) is 12.2 Å². The van der Waals surface area contributed by atoms with Crippen molar-refractivity contribution in [2.45, 2.75) is 46.3 Å². The highest BCUT2D eigenvalue weighted by Crippen LogP contribution is 2.18. The molecule has 1 heterocycles.